The molecule has 0 aromatic carbocycles. The first-order valence-electron chi connectivity index (χ1n) is 4.33. The maximum atomic E-state index is 12.2. The third-order valence-electron chi connectivity index (χ3n) is 2.31. The summed E-state index contributed by atoms with van der Waals surface area (Å²) in [7, 11) is 0. The molecule has 0 saturated carbocycles. The molecule has 13 heavy (non-hydrogen) atoms. The summed E-state index contributed by atoms with van der Waals surface area (Å²) >= 11 is 0. The monoisotopic (exact) mass is 193 g/mol. The van der Waals surface area contributed by atoms with Crippen LogP contribution in [0.4, 0.5) is 8.78 Å². The van der Waals surface area contributed by atoms with Gasteiger partial charge in [0.05, 0.1) is 6.04 Å². The van der Waals surface area contributed by atoms with Crippen LogP contribution < -0.4 is 5.32 Å². The molecule has 1 fully saturated rings. The summed E-state index contributed by atoms with van der Waals surface area (Å²) in [5, 5.41) is 11.2. The molecule has 0 aromatic rings. The molecular formula is C8H13F2NO2. The number of carboxylic acids is 1. The molecule has 1 heterocycles. The van der Waals surface area contributed by atoms with Crippen molar-refractivity contribution in [3.05, 3.63) is 0 Å². The summed E-state index contributed by atoms with van der Waals surface area (Å²) < 4.78 is 24.4. The van der Waals surface area contributed by atoms with E-state index in [0.717, 1.165) is 0 Å². The van der Waals surface area contributed by atoms with Gasteiger partial charge in [-0.15, -0.1) is 0 Å². The number of carbonyl (C=O) groups is 1. The third kappa shape index (κ3) is 3.26. The third-order valence-corrected chi connectivity index (χ3v) is 2.31. The van der Waals surface area contributed by atoms with Gasteiger partial charge >= 0.3 is 5.97 Å². The van der Waals surface area contributed by atoms with Crippen molar-refractivity contribution < 1.29 is 18.7 Å². The summed E-state index contributed by atoms with van der Waals surface area (Å²) in [6.07, 6.45) is -1.44. The number of aliphatic carboxylic acids is 1. The van der Waals surface area contributed by atoms with Crippen molar-refractivity contribution in [2.45, 2.75) is 31.7 Å². The lowest BCUT2D eigenvalue weighted by Gasteiger charge is -2.28. The molecule has 1 saturated heterocycles. The molecule has 76 valence electrons. The molecular weight excluding hydrogens is 180 g/mol. The van der Waals surface area contributed by atoms with Crippen LogP contribution in [-0.4, -0.2) is 30.1 Å². The van der Waals surface area contributed by atoms with Crippen LogP contribution in [0.2, 0.25) is 0 Å². The molecule has 1 rings (SSSR count). The van der Waals surface area contributed by atoms with Crippen LogP contribution >= 0.6 is 0 Å². The highest BCUT2D eigenvalue weighted by molar-refractivity contribution is 5.67. The molecule has 2 atom stereocenters. The second-order valence-corrected chi connectivity index (χ2v) is 3.38. The van der Waals surface area contributed by atoms with Crippen molar-refractivity contribution in [1.82, 2.24) is 5.32 Å². The van der Waals surface area contributed by atoms with Gasteiger partial charge in [-0.05, 0) is 25.3 Å². The molecule has 2 N–H and O–H groups in total. The molecule has 5 heteroatoms. The molecule has 0 radical (unpaired) electrons. The van der Waals surface area contributed by atoms with E-state index in [1.165, 1.54) is 0 Å². The van der Waals surface area contributed by atoms with Crippen molar-refractivity contribution in [3.63, 3.8) is 0 Å². The largest absolute Gasteiger partial charge is 0.481 e. The fourth-order valence-corrected chi connectivity index (χ4v) is 1.66. The zero-order valence-electron chi connectivity index (χ0n) is 7.17. The van der Waals surface area contributed by atoms with E-state index in [-0.39, 0.29) is 18.8 Å². The summed E-state index contributed by atoms with van der Waals surface area (Å²) in [6, 6.07) is -0.821. The predicted octanol–water partition coefficient (Wildman–Crippen LogP) is 1.09. The van der Waals surface area contributed by atoms with Crippen LogP contribution in [0.15, 0.2) is 0 Å². The van der Waals surface area contributed by atoms with Crippen LogP contribution in [0.1, 0.15) is 19.3 Å². The highest BCUT2D eigenvalue weighted by atomic mass is 19.3. The molecule has 0 spiro atoms. The van der Waals surface area contributed by atoms with Crippen molar-refractivity contribution in [1.29, 1.82) is 0 Å². The Labute approximate surface area is 75.1 Å². The summed E-state index contributed by atoms with van der Waals surface area (Å²) in [4.78, 5) is 10.3. The summed E-state index contributed by atoms with van der Waals surface area (Å²) in [6.45, 7) is 0.493. The van der Waals surface area contributed by atoms with E-state index in [1.54, 1.807) is 0 Å². The van der Waals surface area contributed by atoms with E-state index in [0.29, 0.717) is 13.0 Å². The molecule has 0 aromatic heterocycles. The molecule has 1 aliphatic heterocycles. The lowest BCUT2D eigenvalue weighted by Crippen LogP contribution is -2.43. The Hall–Kier alpha value is -0.710. The van der Waals surface area contributed by atoms with E-state index in [2.05, 4.69) is 5.32 Å². The van der Waals surface area contributed by atoms with Crippen molar-refractivity contribution in [3.8, 4) is 0 Å². The Morgan fingerprint density at radius 3 is 2.85 bits per heavy atom. The number of halogens is 2. The van der Waals surface area contributed by atoms with Gasteiger partial charge in [0.1, 0.15) is 0 Å². The molecule has 3 nitrogen and oxygen atoms in total. The number of carboxylic acid groups (broad SMARTS) is 1. The first-order valence-corrected chi connectivity index (χ1v) is 4.33. The summed E-state index contributed by atoms with van der Waals surface area (Å²) in [5.41, 5.74) is 0. The number of hydrogen-bond acceptors (Lipinski definition) is 2. The fourth-order valence-electron chi connectivity index (χ4n) is 1.66. The highest BCUT2D eigenvalue weighted by Gasteiger charge is 2.28. The Morgan fingerprint density at radius 2 is 2.31 bits per heavy atom. The average Bonchev–Trinajstić information content (AvgIpc) is 2.03. The minimum atomic E-state index is -2.39. The lowest BCUT2D eigenvalue weighted by molar-refractivity contribution is -0.138. The van der Waals surface area contributed by atoms with Gasteiger partial charge in [-0.3, -0.25) is 4.79 Å². The first kappa shape index (κ1) is 10.4. The van der Waals surface area contributed by atoms with Gasteiger partial charge in [0.25, 0.3) is 6.43 Å². The van der Waals surface area contributed by atoms with E-state index in [4.69, 9.17) is 5.11 Å². The van der Waals surface area contributed by atoms with E-state index >= 15 is 0 Å². The Morgan fingerprint density at radius 1 is 1.62 bits per heavy atom. The van der Waals surface area contributed by atoms with Crippen LogP contribution in [0.5, 0.6) is 0 Å². The van der Waals surface area contributed by atoms with Crippen LogP contribution in [-0.2, 0) is 4.79 Å². The molecule has 1 aliphatic rings. The smallest absolute Gasteiger partial charge is 0.303 e. The Balaban J connectivity index is 2.37. The molecule has 2 unspecified atom stereocenters. The predicted molar refractivity (Wildman–Crippen MR) is 42.8 cm³/mol. The summed E-state index contributed by atoms with van der Waals surface area (Å²) in [5.74, 6) is -1.00. The van der Waals surface area contributed by atoms with E-state index in [1.807, 2.05) is 0 Å². The zero-order valence-corrected chi connectivity index (χ0v) is 7.17. The number of piperidine rings is 1. The fraction of sp³-hybridized carbons (Fsp3) is 0.875. The Kier molecular flexibility index (Phi) is 3.59. The number of nitrogens with one attached hydrogen (secondary N) is 1. The quantitative estimate of drug-likeness (QED) is 0.705. The van der Waals surface area contributed by atoms with Gasteiger partial charge in [-0.1, -0.05) is 0 Å². The van der Waals surface area contributed by atoms with Gasteiger partial charge < -0.3 is 10.4 Å². The second kappa shape index (κ2) is 4.50. The number of alkyl halides is 2. The standard InChI is InChI=1S/C8H13F2NO2/c9-8(10)6-3-5(1-2-11-6)4-7(12)13/h5-6,8,11H,1-4H2,(H,12,13). The molecule has 0 aliphatic carbocycles. The Bertz CT molecular complexity index is 187. The van der Waals surface area contributed by atoms with Gasteiger partial charge in [-0.2, -0.15) is 0 Å². The van der Waals surface area contributed by atoms with E-state index < -0.39 is 18.4 Å². The van der Waals surface area contributed by atoms with Gasteiger partial charge in [0.2, 0.25) is 0 Å². The lowest BCUT2D eigenvalue weighted by atomic mass is 9.90. The normalized spacial score (nSPS) is 29.2. The number of rotatable bonds is 3. The number of hydrogen-bond donors (Lipinski definition) is 2. The average molecular weight is 193 g/mol. The topological polar surface area (TPSA) is 49.3 Å². The SMILES string of the molecule is O=C(O)CC1CCNC(C(F)F)C1. The second-order valence-electron chi connectivity index (χ2n) is 3.38. The van der Waals surface area contributed by atoms with E-state index in [9.17, 15) is 13.6 Å². The minimum absolute atomic E-state index is 0.00486. The van der Waals surface area contributed by atoms with Crippen LogP contribution in [0.3, 0.4) is 0 Å². The maximum Gasteiger partial charge on any atom is 0.303 e. The van der Waals surface area contributed by atoms with Gasteiger partial charge in [-0.25, -0.2) is 8.78 Å². The van der Waals surface area contributed by atoms with Crippen molar-refractivity contribution >= 4 is 5.97 Å². The van der Waals surface area contributed by atoms with Crippen LogP contribution in [0, 0.1) is 5.92 Å². The molecule has 0 amide bonds. The van der Waals surface area contributed by atoms with Gasteiger partial charge in [0.15, 0.2) is 0 Å². The minimum Gasteiger partial charge on any atom is -0.481 e. The van der Waals surface area contributed by atoms with Gasteiger partial charge in [0, 0.05) is 6.42 Å². The van der Waals surface area contributed by atoms with Crippen LogP contribution in [0.25, 0.3) is 0 Å². The maximum absolute atomic E-state index is 12.2. The van der Waals surface area contributed by atoms with Crippen molar-refractivity contribution in [2.75, 3.05) is 6.54 Å². The zero-order chi connectivity index (χ0) is 9.84. The highest BCUT2D eigenvalue weighted by Crippen LogP contribution is 2.22. The molecule has 0 bridgehead atoms. The first-order chi connectivity index (χ1) is 6.09. The van der Waals surface area contributed by atoms with Crippen molar-refractivity contribution in [2.24, 2.45) is 5.92 Å².